The van der Waals surface area contributed by atoms with Gasteiger partial charge in [0.2, 0.25) is 0 Å². The first-order valence-electron chi connectivity index (χ1n) is 7.80. The Bertz CT molecular complexity index is 760. The van der Waals surface area contributed by atoms with Crippen LogP contribution in [0, 0.1) is 0 Å². The molecule has 0 aliphatic rings. The molecule has 0 fully saturated rings. The van der Waals surface area contributed by atoms with E-state index in [0.29, 0.717) is 11.3 Å². The number of hydrogen-bond acceptors (Lipinski definition) is 3. The van der Waals surface area contributed by atoms with Crippen LogP contribution in [0.25, 0.3) is 11.9 Å². The first-order chi connectivity index (χ1) is 11.8. The summed E-state index contributed by atoms with van der Waals surface area (Å²) in [6.45, 7) is 3.99. The highest BCUT2D eigenvalue weighted by atomic mass is 19.4. The summed E-state index contributed by atoms with van der Waals surface area (Å²) in [5.41, 5.74) is 0.469. The highest BCUT2D eigenvalue weighted by Crippen LogP contribution is 2.30. The van der Waals surface area contributed by atoms with Crippen LogP contribution in [0.2, 0.25) is 0 Å². The van der Waals surface area contributed by atoms with Crippen molar-refractivity contribution in [1.29, 1.82) is 0 Å². The molecule has 0 aliphatic carbocycles. The number of carbonyl (C=O) groups is 1. The van der Waals surface area contributed by atoms with Crippen molar-refractivity contribution < 1.29 is 23.1 Å². The average molecular weight is 353 g/mol. The molecule has 25 heavy (non-hydrogen) atoms. The van der Waals surface area contributed by atoms with Crippen LogP contribution in [0.15, 0.2) is 30.6 Å². The zero-order valence-corrected chi connectivity index (χ0v) is 13.8. The SMILES string of the molecule is CCC(CC)c1nn(-c2ccc(C(F)(F)F)cn2)cc1C=CC(=O)O. The molecule has 0 unspecified atom stereocenters. The molecule has 8 heteroatoms. The van der Waals surface area contributed by atoms with Gasteiger partial charge in [0.1, 0.15) is 0 Å². The van der Waals surface area contributed by atoms with Gasteiger partial charge < -0.3 is 5.11 Å². The number of halogens is 3. The van der Waals surface area contributed by atoms with Crippen LogP contribution < -0.4 is 0 Å². The summed E-state index contributed by atoms with van der Waals surface area (Å²) in [7, 11) is 0. The molecule has 0 bridgehead atoms. The molecule has 1 N–H and O–H groups in total. The molecular formula is C17H18F3N3O2. The third-order valence-electron chi connectivity index (χ3n) is 3.86. The van der Waals surface area contributed by atoms with E-state index in [2.05, 4.69) is 10.1 Å². The van der Waals surface area contributed by atoms with E-state index in [1.54, 1.807) is 6.20 Å². The Kier molecular flexibility index (Phi) is 5.61. The predicted molar refractivity (Wildman–Crippen MR) is 86.4 cm³/mol. The first kappa shape index (κ1) is 18.7. The summed E-state index contributed by atoms with van der Waals surface area (Å²) in [5, 5.41) is 13.2. The molecule has 0 amide bonds. The highest BCUT2D eigenvalue weighted by molar-refractivity contribution is 5.85. The summed E-state index contributed by atoms with van der Waals surface area (Å²) in [6.07, 6.45) is 1.93. The van der Waals surface area contributed by atoms with Crippen LogP contribution in [0.4, 0.5) is 13.2 Å². The third-order valence-corrected chi connectivity index (χ3v) is 3.86. The van der Waals surface area contributed by atoms with Crippen LogP contribution in [0.1, 0.15) is 49.4 Å². The number of carboxylic acids is 1. The van der Waals surface area contributed by atoms with Gasteiger partial charge in [-0.15, -0.1) is 0 Å². The first-order valence-corrected chi connectivity index (χ1v) is 7.80. The minimum Gasteiger partial charge on any atom is -0.478 e. The average Bonchev–Trinajstić information content (AvgIpc) is 2.97. The van der Waals surface area contributed by atoms with Crippen molar-refractivity contribution in [2.75, 3.05) is 0 Å². The smallest absolute Gasteiger partial charge is 0.417 e. The Labute approximate surface area is 142 Å². The zero-order valence-electron chi connectivity index (χ0n) is 13.8. The van der Waals surface area contributed by atoms with E-state index >= 15 is 0 Å². The molecule has 0 atom stereocenters. The Morgan fingerprint density at radius 1 is 1.32 bits per heavy atom. The van der Waals surface area contributed by atoms with E-state index < -0.39 is 17.7 Å². The minimum absolute atomic E-state index is 0.115. The van der Waals surface area contributed by atoms with Gasteiger partial charge in [0, 0.05) is 30.0 Å². The van der Waals surface area contributed by atoms with Crippen LogP contribution in [-0.4, -0.2) is 25.8 Å². The molecule has 0 radical (unpaired) electrons. The van der Waals surface area contributed by atoms with Crippen LogP contribution in [0.3, 0.4) is 0 Å². The second-order valence-corrected chi connectivity index (χ2v) is 5.50. The Morgan fingerprint density at radius 2 is 2.00 bits per heavy atom. The second kappa shape index (κ2) is 7.50. The molecule has 2 aromatic rings. The fourth-order valence-electron chi connectivity index (χ4n) is 2.49. The van der Waals surface area contributed by atoms with Gasteiger partial charge in [0.05, 0.1) is 11.3 Å². The van der Waals surface area contributed by atoms with Gasteiger partial charge in [-0.3, -0.25) is 0 Å². The van der Waals surface area contributed by atoms with Crippen molar-refractivity contribution in [2.45, 2.75) is 38.8 Å². The number of aliphatic carboxylic acids is 1. The standard InChI is InChI=1S/C17H18F3N3O2/c1-3-11(4-2)16-12(5-8-15(24)25)10-23(22-16)14-7-6-13(9-21-14)17(18,19)20/h5-11H,3-4H2,1-2H3,(H,24,25). The van der Waals surface area contributed by atoms with Gasteiger partial charge in [0.15, 0.2) is 5.82 Å². The van der Waals surface area contributed by atoms with E-state index in [1.807, 2.05) is 13.8 Å². The largest absolute Gasteiger partial charge is 0.478 e. The zero-order chi connectivity index (χ0) is 18.6. The maximum atomic E-state index is 12.6. The van der Waals surface area contributed by atoms with Crippen molar-refractivity contribution >= 4 is 12.0 Å². The topological polar surface area (TPSA) is 68.0 Å². The molecule has 0 saturated heterocycles. The normalized spacial score (nSPS) is 12.2. The van der Waals surface area contributed by atoms with E-state index in [9.17, 15) is 18.0 Å². The lowest BCUT2D eigenvalue weighted by molar-refractivity contribution is -0.137. The summed E-state index contributed by atoms with van der Waals surface area (Å²) in [6, 6.07) is 2.17. The molecule has 2 heterocycles. The van der Waals surface area contributed by atoms with Gasteiger partial charge in [0.25, 0.3) is 0 Å². The van der Waals surface area contributed by atoms with Gasteiger partial charge in [-0.1, -0.05) is 13.8 Å². The lowest BCUT2D eigenvalue weighted by Crippen LogP contribution is -2.07. The second-order valence-electron chi connectivity index (χ2n) is 5.50. The van der Waals surface area contributed by atoms with Crippen molar-refractivity contribution in [2.24, 2.45) is 0 Å². The number of alkyl halides is 3. The van der Waals surface area contributed by atoms with Crippen molar-refractivity contribution in [3.8, 4) is 5.82 Å². The van der Waals surface area contributed by atoms with E-state index in [0.717, 1.165) is 31.2 Å². The van der Waals surface area contributed by atoms with Crippen LogP contribution in [-0.2, 0) is 11.0 Å². The monoisotopic (exact) mass is 353 g/mol. The highest BCUT2D eigenvalue weighted by Gasteiger charge is 2.30. The van der Waals surface area contributed by atoms with Gasteiger partial charge in [-0.05, 0) is 31.1 Å². The molecule has 0 saturated carbocycles. The number of hydrogen-bond donors (Lipinski definition) is 1. The maximum Gasteiger partial charge on any atom is 0.417 e. The Balaban J connectivity index is 2.44. The lowest BCUT2D eigenvalue weighted by Gasteiger charge is -2.10. The van der Waals surface area contributed by atoms with Crippen LogP contribution >= 0.6 is 0 Å². The number of pyridine rings is 1. The number of aromatic nitrogens is 3. The Morgan fingerprint density at radius 3 is 2.48 bits per heavy atom. The predicted octanol–water partition coefficient (Wildman–Crippen LogP) is 4.29. The minimum atomic E-state index is -4.45. The maximum absolute atomic E-state index is 12.6. The number of nitrogens with zero attached hydrogens (tertiary/aromatic N) is 3. The van der Waals surface area contributed by atoms with E-state index in [4.69, 9.17) is 5.11 Å². The van der Waals surface area contributed by atoms with Gasteiger partial charge in [-0.2, -0.15) is 18.3 Å². The molecule has 0 aromatic carbocycles. The van der Waals surface area contributed by atoms with Crippen molar-refractivity contribution in [3.05, 3.63) is 47.4 Å². The molecule has 2 rings (SSSR count). The summed E-state index contributed by atoms with van der Waals surface area (Å²) < 4.78 is 39.3. The Hall–Kier alpha value is -2.64. The lowest BCUT2D eigenvalue weighted by atomic mass is 9.96. The fourth-order valence-corrected chi connectivity index (χ4v) is 2.49. The molecule has 2 aromatic heterocycles. The van der Waals surface area contributed by atoms with Crippen molar-refractivity contribution in [3.63, 3.8) is 0 Å². The fraction of sp³-hybridized carbons (Fsp3) is 0.353. The van der Waals surface area contributed by atoms with E-state index in [1.165, 1.54) is 16.8 Å². The molecule has 5 nitrogen and oxygen atoms in total. The number of carboxylic acid groups (broad SMARTS) is 1. The molecule has 0 spiro atoms. The molecule has 134 valence electrons. The summed E-state index contributed by atoms with van der Waals surface area (Å²) >= 11 is 0. The third kappa shape index (κ3) is 4.46. The molecular weight excluding hydrogens is 335 g/mol. The van der Waals surface area contributed by atoms with Crippen molar-refractivity contribution in [1.82, 2.24) is 14.8 Å². The van der Waals surface area contributed by atoms with E-state index in [-0.39, 0.29) is 11.7 Å². The molecule has 0 aliphatic heterocycles. The summed E-state index contributed by atoms with van der Waals surface area (Å²) in [5.74, 6) is -0.741. The number of rotatable bonds is 6. The quantitative estimate of drug-likeness (QED) is 0.787. The van der Waals surface area contributed by atoms with Gasteiger partial charge in [-0.25, -0.2) is 14.5 Å². The van der Waals surface area contributed by atoms with Gasteiger partial charge >= 0.3 is 12.1 Å². The van der Waals surface area contributed by atoms with Crippen LogP contribution in [0.5, 0.6) is 0 Å². The summed E-state index contributed by atoms with van der Waals surface area (Å²) in [4.78, 5) is 14.6.